The Balaban J connectivity index is 2.12. The summed E-state index contributed by atoms with van der Waals surface area (Å²) in [6.45, 7) is 3.54. The molecule has 1 aromatic heterocycles. The Kier molecular flexibility index (Phi) is 4.53. The van der Waals surface area contributed by atoms with E-state index in [2.05, 4.69) is 9.97 Å². The summed E-state index contributed by atoms with van der Waals surface area (Å²) in [6, 6.07) is 6.70. The molecular weight excluding hydrogens is 308 g/mol. The number of hydrogen-bond donors (Lipinski definition) is 1. The minimum atomic E-state index is -3.17. The SMILES string of the molecule is Cc1nc(SCc2ccc(S(C)(=O)=O)cc2)[nH]c(=O)c1C. The van der Waals surface area contributed by atoms with E-state index in [4.69, 9.17) is 0 Å². The Morgan fingerprint density at radius 2 is 1.81 bits per heavy atom. The zero-order valence-corrected chi connectivity index (χ0v) is 13.6. The number of sulfone groups is 1. The number of aromatic amines is 1. The van der Waals surface area contributed by atoms with Crippen LogP contribution in [-0.2, 0) is 15.6 Å². The molecule has 5 nitrogen and oxygen atoms in total. The van der Waals surface area contributed by atoms with E-state index in [1.807, 2.05) is 0 Å². The van der Waals surface area contributed by atoms with Crippen molar-refractivity contribution in [2.75, 3.05) is 6.26 Å². The maximum atomic E-state index is 11.7. The van der Waals surface area contributed by atoms with E-state index in [-0.39, 0.29) is 5.56 Å². The highest BCUT2D eigenvalue weighted by molar-refractivity contribution is 7.98. The molecule has 0 aliphatic rings. The zero-order valence-electron chi connectivity index (χ0n) is 12.0. The molecule has 1 N–H and O–H groups in total. The lowest BCUT2D eigenvalue weighted by molar-refractivity contribution is 0.602. The molecule has 0 saturated carbocycles. The smallest absolute Gasteiger partial charge is 0.254 e. The van der Waals surface area contributed by atoms with Gasteiger partial charge in [0, 0.05) is 23.3 Å². The third-order valence-electron chi connectivity index (χ3n) is 3.10. The summed E-state index contributed by atoms with van der Waals surface area (Å²) in [7, 11) is -3.17. The first-order chi connectivity index (χ1) is 9.77. The van der Waals surface area contributed by atoms with Gasteiger partial charge in [0.15, 0.2) is 15.0 Å². The second-order valence-corrected chi connectivity index (χ2v) is 7.77. The first-order valence-corrected chi connectivity index (χ1v) is 9.14. The summed E-state index contributed by atoms with van der Waals surface area (Å²) >= 11 is 1.41. The van der Waals surface area contributed by atoms with E-state index < -0.39 is 9.84 Å². The summed E-state index contributed by atoms with van der Waals surface area (Å²) in [5.74, 6) is 0.607. The Bertz CT molecular complexity index is 809. The summed E-state index contributed by atoms with van der Waals surface area (Å²) in [5.41, 5.74) is 2.18. The van der Waals surface area contributed by atoms with Crippen LogP contribution in [0.2, 0.25) is 0 Å². The van der Waals surface area contributed by atoms with Crippen LogP contribution in [0.15, 0.2) is 39.1 Å². The number of hydrogen-bond acceptors (Lipinski definition) is 5. The van der Waals surface area contributed by atoms with E-state index in [0.29, 0.717) is 27.1 Å². The summed E-state index contributed by atoms with van der Waals surface area (Å²) < 4.78 is 22.8. The van der Waals surface area contributed by atoms with Gasteiger partial charge >= 0.3 is 0 Å². The molecule has 0 spiro atoms. The summed E-state index contributed by atoms with van der Waals surface area (Å²) in [4.78, 5) is 19.0. The summed E-state index contributed by atoms with van der Waals surface area (Å²) in [6.07, 6.45) is 1.18. The molecule has 7 heteroatoms. The van der Waals surface area contributed by atoms with Gasteiger partial charge in [-0.2, -0.15) is 0 Å². The van der Waals surface area contributed by atoms with Gasteiger partial charge in [-0.3, -0.25) is 4.79 Å². The predicted molar refractivity (Wildman–Crippen MR) is 83.4 cm³/mol. The van der Waals surface area contributed by atoms with Gasteiger partial charge in [-0.25, -0.2) is 13.4 Å². The van der Waals surface area contributed by atoms with Gasteiger partial charge in [0.2, 0.25) is 0 Å². The van der Waals surface area contributed by atoms with Crippen LogP contribution >= 0.6 is 11.8 Å². The average Bonchev–Trinajstić information content (AvgIpc) is 2.42. The molecule has 0 aliphatic heterocycles. The molecule has 2 aromatic rings. The van der Waals surface area contributed by atoms with E-state index in [9.17, 15) is 13.2 Å². The van der Waals surface area contributed by atoms with Crippen molar-refractivity contribution < 1.29 is 8.42 Å². The highest BCUT2D eigenvalue weighted by Crippen LogP contribution is 2.20. The molecule has 0 saturated heterocycles. The van der Waals surface area contributed by atoms with Gasteiger partial charge in [0.05, 0.1) is 4.90 Å². The van der Waals surface area contributed by atoms with Gasteiger partial charge in [0.25, 0.3) is 5.56 Å². The molecule has 1 aromatic carbocycles. The lowest BCUT2D eigenvalue weighted by Crippen LogP contribution is -2.14. The lowest BCUT2D eigenvalue weighted by atomic mass is 10.2. The van der Waals surface area contributed by atoms with Crippen LogP contribution in [-0.4, -0.2) is 24.6 Å². The molecule has 1 heterocycles. The van der Waals surface area contributed by atoms with Crippen LogP contribution in [0.25, 0.3) is 0 Å². The van der Waals surface area contributed by atoms with Gasteiger partial charge in [-0.15, -0.1) is 0 Å². The maximum absolute atomic E-state index is 11.7. The summed E-state index contributed by atoms with van der Waals surface area (Å²) in [5, 5.41) is 0.565. The minimum absolute atomic E-state index is 0.127. The third kappa shape index (κ3) is 3.95. The number of aromatic nitrogens is 2. The molecule has 0 radical (unpaired) electrons. The van der Waals surface area contributed by atoms with Crippen molar-refractivity contribution >= 4 is 21.6 Å². The number of rotatable bonds is 4. The molecule has 112 valence electrons. The Morgan fingerprint density at radius 3 is 2.33 bits per heavy atom. The van der Waals surface area contributed by atoms with E-state index >= 15 is 0 Å². The van der Waals surface area contributed by atoms with Crippen molar-refractivity contribution in [1.29, 1.82) is 0 Å². The van der Waals surface area contributed by atoms with Crippen molar-refractivity contribution in [1.82, 2.24) is 9.97 Å². The maximum Gasteiger partial charge on any atom is 0.254 e. The second kappa shape index (κ2) is 6.03. The fourth-order valence-corrected chi connectivity index (χ4v) is 3.16. The number of aryl methyl sites for hydroxylation is 1. The van der Waals surface area contributed by atoms with Crippen LogP contribution in [0.1, 0.15) is 16.8 Å². The van der Waals surface area contributed by atoms with Gasteiger partial charge in [-0.1, -0.05) is 23.9 Å². The normalized spacial score (nSPS) is 11.6. The van der Waals surface area contributed by atoms with Crippen molar-refractivity contribution in [3.63, 3.8) is 0 Å². The highest BCUT2D eigenvalue weighted by Gasteiger charge is 2.07. The molecule has 0 atom stereocenters. The molecule has 0 bridgehead atoms. The standard InChI is InChI=1S/C14H16N2O3S2/c1-9-10(2)15-14(16-13(9)17)20-8-11-4-6-12(7-5-11)21(3,18)19/h4-7H,8H2,1-3H3,(H,15,16,17). The number of nitrogens with one attached hydrogen (secondary N) is 1. The molecule has 2 rings (SSSR count). The third-order valence-corrected chi connectivity index (χ3v) is 5.17. The van der Waals surface area contributed by atoms with Crippen LogP contribution in [0.5, 0.6) is 0 Å². The van der Waals surface area contributed by atoms with E-state index in [0.717, 1.165) is 5.56 Å². The topological polar surface area (TPSA) is 79.9 Å². The predicted octanol–water partition coefficient (Wildman–Crippen LogP) is 2.08. The Hall–Kier alpha value is -1.60. The van der Waals surface area contributed by atoms with Crippen LogP contribution in [0, 0.1) is 13.8 Å². The van der Waals surface area contributed by atoms with E-state index in [1.165, 1.54) is 18.0 Å². The molecule has 0 fully saturated rings. The lowest BCUT2D eigenvalue weighted by Gasteiger charge is -2.05. The highest BCUT2D eigenvalue weighted by atomic mass is 32.2. The molecule has 0 amide bonds. The number of nitrogens with zero attached hydrogens (tertiary/aromatic N) is 1. The van der Waals surface area contributed by atoms with Gasteiger partial charge in [0.1, 0.15) is 0 Å². The first-order valence-electron chi connectivity index (χ1n) is 6.26. The van der Waals surface area contributed by atoms with Crippen molar-refractivity contribution in [2.24, 2.45) is 0 Å². The number of thioether (sulfide) groups is 1. The van der Waals surface area contributed by atoms with Gasteiger partial charge < -0.3 is 4.98 Å². The van der Waals surface area contributed by atoms with Crippen molar-refractivity contribution in [3.8, 4) is 0 Å². The Morgan fingerprint density at radius 1 is 1.19 bits per heavy atom. The van der Waals surface area contributed by atoms with Crippen LogP contribution in [0.4, 0.5) is 0 Å². The Labute approximate surface area is 127 Å². The molecule has 0 unspecified atom stereocenters. The van der Waals surface area contributed by atoms with Crippen molar-refractivity contribution in [3.05, 3.63) is 51.4 Å². The van der Waals surface area contributed by atoms with Gasteiger partial charge in [-0.05, 0) is 31.5 Å². The van der Waals surface area contributed by atoms with Crippen LogP contribution < -0.4 is 5.56 Å². The second-order valence-electron chi connectivity index (χ2n) is 4.79. The van der Waals surface area contributed by atoms with E-state index in [1.54, 1.807) is 38.1 Å². The van der Waals surface area contributed by atoms with Crippen molar-refractivity contribution in [2.45, 2.75) is 29.7 Å². The number of H-pyrrole nitrogens is 1. The first kappa shape index (κ1) is 15.8. The largest absolute Gasteiger partial charge is 0.301 e. The fourth-order valence-electron chi connectivity index (χ4n) is 1.67. The average molecular weight is 324 g/mol. The van der Waals surface area contributed by atoms with Crippen LogP contribution in [0.3, 0.4) is 0 Å². The molecule has 21 heavy (non-hydrogen) atoms. The monoisotopic (exact) mass is 324 g/mol. The molecule has 0 aliphatic carbocycles. The zero-order chi connectivity index (χ0) is 15.6. The fraction of sp³-hybridized carbons (Fsp3) is 0.286. The number of benzene rings is 1. The minimum Gasteiger partial charge on any atom is -0.301 e. The molecular formula is C14H16N2O3S2. The quantitative estimate of drug-likeness (QED) is 0.688.